The van der Waals surface area contributed by atoms with Crippen LogP contribution in [0.1, 0.15) is 98.2 Å². The molecule has 0 aliphatic heterocycles. The molecule has 3 fully saturated rings. The molecule has 3 saturated carbocycles. The van der Waals surface area contributed by atoms with E-state index in [0.29, 0.717) is 37.3 Å². The molecule has 0 aromatic carbocycles. The first kappa shape index (κ1) is 25.7. The van der Waals surface area contributed by atoms with Crippen molar-refractivity contribution in [3.8, 4) is 0 Å². The maximum Gasteiger partial charge on any atom is 0.332 e. The molecule has 194 valence electrons. The van der Waals surface area contributed by atoms with Crippen molar-refractivity contribution in [1.82, 2.24) is 19.1 Å². The highest BCUT2D eigenvalue weighted by Gasteiger charge is 2.51. The fourth-order valence-electron chi connectivity index (χ4n) is 5.73. The molecule has 0 spiro atoms. The summed E-state index contributed by atoms with van der Waals surface area (Å²) in [5, 5.41) is 0. The number of ether oxygens (including phenoxy) is 2. The van der Waals surface area contributed by atoms with Crippen LogP contribution in [-0.4, -0.2) is 42.9 Å². The Morgan fingerprint density at radius 3 is 2.17 bits per heavy atom. The largest absolute Gasteiger partial charge is 0.460 e. The number of carbonyl (C=O) groups excluding carboxylic acids is 1. The Labute approximate surface area is 206 Å². The molecule has 2 bridgehead atoms. The van der Waals surface area contributed by atoms with E-state index < -0.39 is 5.60 Å². The molecule has 0 radical (unpaired) electrons. The molecule has 9 heteroatoms. The SMILES string of the molecule is CCCn1c(=O)c2[nH]c(C34CCC(OCCC(=O)OC(C)(C)C)(CC3)CC4)nc2n(CCC)c1=O. The van der Waals surface area contributed by atoms with Crippen molar-refractivity contribution in [2.45, 2.75) is 122 Å². The topological polar surface area (TPSA) is 108 Å². The van der Waals surface area contributed by atoms with Crippen molar-refractivity contribution >= 4 is 17.1 Å². The van der Waals surface area contributed by atoms with Crippen LogP contribution in [0.3, 0.4) is 0 Å². The number of esters is 1. The van der Waals surface area contributed by atoms with Gasteiger partial charge in [0.25, 0.3) is 5.56 Å². The van der Waals surface area contributed by atoms with Gasteiger partial charge in [0, 0.05) is 18.5 Å². The van der Waals surface area contributed by atoms with Crippen LogP contribution >= 0.6 is 0 Å². The second-order valence-corrected chi connectivity index (χ2v) is 11.3. The summed E-state index contributed by atoms with van der Waals surface area (Å²) in [6, 6.07) is 0. The summed E-state index contributed by atoms with van der Waals surface area (Å²) in [6.07, 6.45) is 7.14. The van der Waals surface area contributed by atoms with Crippen molar-refractivity contribution in [3.63, 3.8) is 0 Å². The zero-order valence-electron chi connectivity index (χ0n) is 21.9. The van der Waals surface area contributed by atoms with Crippen LogP contribution in [0.15, 0.2) is 9.59 Å². The number of aryl methyl sites for hydroxylation is 1. The Morgan fingerprint density at radius 2 is 1.60 bits per heavy atom. The molecule has 3 aliphatic rings. The number of H-pyrrole nitrogens is 1. The van der Waals surface area contributed by atoms with Crippen molar-refractivity contribution < 1.29 is 14.3 Å². The lowest BCUT2D eigenvalue weighted by molar-refractivity contribution is -0.161. The Kier molecular flexibility index (Phi) is 7.01. The molecule has 2 aromatic rings. The molecule has 35 heavy (non-hydrogen) atoms. The second-order valence-electron chi connectivity index (χ2n) is 11.3. The van der Waals surface area contributed by atoms with Crippen LogP contribution in [0.25, 0.3) is 11.2 Å². The van der Waals surface area contributed by atoms with Gasteiger partial charge in [-0.2, -0.15) is 0 Å². The minimum atomic E-state index is -0.487. The number of aromatic nitrogens is 4. The summed E-state index contributed by atoms with van der Waals surface area (Å²) in [6.45, 7) is 10.9. The molecule has 2 heterocycles. The minimum absolute atomic E-state index is 0.135. The van der Waals surface area contributed by atoms with Gasteiger partial charge in [-0.05, 0) is 72.1 Å². The molecule has 0 amide bonds. The summed E-state index contributed by atoms with van der Waals surface area (Å²) in [4.78, 5) is 46.4. The van der Waals surface area contributed by atoms with E-state index in [9.17, 15) is 14.4 Å². The molecular formula is C26H40N4O5. The van der Waals surface area contributed by atoms with E-state index >= 15 is 0 Å². The number of fused-ring (bicyclic) bond motifs is 4. The average Bonchev–Trinajstić information content (AvgIpc) is 3.26. The fourth-order valence-corrected chi connectivity index (χ4v) is 5.73. The molecule has 0 unspecified atom stereocenters. The number of carbonyl (C=O) groups is 1. The average molecular weight is 489 g/mol. The van der Waals surface area contributed by atoms with Crippen LogP contribution in [0.5, 0.6) is 0 Å². The molecule has 5 rings (SSSR count). The van der Waals surface area contributed by atoms with Crippen molar-refractivity contribution in [1.29, 1.82) is 0 Å². The Bertz CT molecular complexity index is 1170. The van der Waals surface area contributed by atoms with Crippen LogP contribution in [-0.2, 0) is 32.8 Å². The second kappa shape index (κ2) is 9.56. The van der Waals surface area contributed by atoms with Gasteiger partial charge < -0.3 is 14.5 Å². The first-order valence-corrected chi connectivity index (χ1v) is 13.1. The molecule has 3 aliphatic carbocycles. The molecule has 9 nitrogen and oxygen atoms in total. The number of aromatic amines is 1. The molecule has 0 saturated heterocycles. The van der Waals surface area contributed by atoms with E-state index in [0.717, 1.165) is 50.8 Å². The number of nitrogens with one attached hydrogen (secondary N) is 1. The van der Waals surface area contributed by atoms with Gasteiger partial charge in [0.1, 0.15) is 16.9 Å². The standard InChI is InChI=1S/C26H40N4O5/c1-6-15-29-20-19(21(32)30(16-7-2)23(29)33)27-22(28-20)25-9-12-26(13-10-25,14-11-25)34-17-8-18(31)35-24(3,4)5/h6-17H2,1-5H3,(H,27,28). The summed E-state index contributed by atoms with van der Waals surface area (Å²) in [5.41, 5.74) is -0.453. The third kappa shape index (κ3) is 4.97. The first-order valence-electron chi connectivity index (χ1n) is 13.1. The smallest absolute Gasteiger partial charge is 0.332 e. The third-order valence-electron chi connectivity index (χ3n) is 7.57. The highest BCUT2D eigenvalue weighted by molar-refractivity contribution is 5.70. The number of rotatable bonds is 9. The zero-order chi connectivity index (χ0) is 25.4. The van der Waals surface area contributed by atoms with Gasteiger partial charge in [-0.1, -0.05) is 13.8 Å². The van der Waals surface area contributed by atoms with Gasteiger partial charge in [0.05, 0.1) is 18.6 Å². The van der Waals surface area contributed by atoms with E-state index in [1.165, 1.54) is 4.57 Å². The lowest BCUT2D eigenvalue weighted by Gasteiger charge is -2.52. The van der Waals surface area contributed by atoms with Crippen LogP contribution in [0.2, 0.25) is 0 Å². The van der Waals surface area contributed by atoms with Crippen LogP contribution < -0.4 is 11.2 Å². The Morgan fingerprint density at radius 1 is 1.00 bits per heavy atom. The zero-order valence-corrected chi connectivity index (χ0v) is 21.9. The lowest BCUT2D eigenvalue weighted by atomic mass is 9.58. The number of hydrogen-bond donors (Lipinski definition) is 1. The van der Waals surface area contributed by atoms with Gasteiger partial charge in [-0.15, -0.1) is 0 Å². The van der Waals surface area contributed by atoms with Gasteiger partial charge in [-0.25, -0.2) is 9.78 Å². The van der Waals surface area contributed by atoms with E-state index in [4.69, 9.17) is 14.5 Å². The fraction of sp³-hybridized carbons (Fsp3) is 0.769. The van der Waals surface area contributed by atoms with Gasteiger partial charge in [-0.3, -0.25) is 18.7 Å². The Hall–Kier alpha value is -2.42. The maximum atomic E-state index is 13.1. The van der Waals surface area contributed by atoms with Crippen molar-refractivity contribution in [3.05, 3.63) is 26.7 Å². The number of imidazole rings is 1. The first-order chi connectivity index (χ1) is 16.5. The Balaban J connectivity index is 1.52. The molecule has 0 atom stereocenters. The molecule has 1 N–H and O–H groups in total. The minimum Gasteiger partial charge on any atom is -0.460 e. The monoisotopic (exact) mass is 488 g/mol. The van der Waals surface area contributed by atoms with Crippen LogP contribution in [0, 0.1) is 0 Å². The van der Waals surface area contributed by atoms with Crippen LogP contribution in [0.4, 0.5) is 0 Å². The van der Waals surface area contributed by atoms with Crippen molar-refractivity contribution in [2.24, 2.45) is 0 Å². The summed E-state index contributed by atoms with van der Waals surface area (Å²) in [7, 11) is 0. The van der Waals surface area contributed by atoms with Gasteiger partial charge in [0.15, 0.2) is 5.65 Å². The predicted molar refractivity (Wildman–Crippen MR) is 134 cm³/mol. The predicted octanol–water partition coefficient (Wildman–Crippen LogP) is 3.80. The summed E-state index contributed by atoms with van der Waals surface area (Å²) < 4.78 is 14.7. The van der Waals surface area contributed by atoms with E-state index in [1.807, 2.05) is 34.6 Å². The van der Waals surface area contributed by atoms with E-state index in [2.05, 4.69) is 4.98 Å². The van der Waals surface area contributed by atoms with Crippen molar-refractivity contribution in [2.75, 3.05) is 6.61 Å². The number of nitrogens with zero attached hydrogens (tertiary/aromatic N) is 3. The summed E-state index contributed by atoms with van der Waals surface area (Å²) in [5.74, 6) is 0.592. The summed E-state index contributed by atoms with van der Waals surface area (Å²) >= 11 is 0. The van der Waals surface area contributed by atoms with Gasteiger partial charge in [0.2, 0.25) is 0 Å². The van der Waals surface area contributed by atoms with Gasteiger partial charge >= 0.3 is 11.7 Å². The van der Waals surface area contributed by atoms with E-state index in [1.54, 1.807) is 4.57 Å². The van der Waals surface area contributed by atoms with E-state index in [-0.39, 0.29) is 34.7 Å². The highest BCUT2D eigenvalue weighted by Crippen LogP contribution is 2.54. The third-order valence-corrected chi connectivity index (χ3v) is 7.57. The molecular weight excluding hydrogens is 448 g/mol. The highest BCUT2D eigenvalue weighted by atomic mass is 16.6. The number of hydrogen-bond acceptors (Lipinski definition) is 6. The normalized spacial score (nSPS) is 24.3. The lowest BCUT2D eigenvalue weighted by Crippen LogP contribution is -2.50. The quantitative estimate of drug-likeness (QED) is 0.538. The molecule has 2 aromatic heterocycles. The maximum absolute atomic E-state index is 13.1.